The number of carbonyl (C=O) groups excluding carboxylic acids is 2. The molecule has 10 nitrogen and oxygen atoms in total. The average molecular weight is 748 g/mol. The first kappa shape index (κ1) is 36.7. The van der Waals surface area contributed by atoms with Crippen LogP contribution in [0.5, 0.6) is 5.75 Å². The van der Waals surface area contributed by atoms with E-state index in [1.807, 2.05) is 38.2 Å². The molecule has 7 rings (SSSR count). The molecular formula is C40H50ClN5O5S. The quantitative estimate of drug-likeness (QED) is 0.284. The molecule has 2 aliphatic heterocycles. The van der Waals surface area contributed by atoms with Crippen LogP contribution in [0.25, 0.3) is 0 Å². The largest absolute Gasteiger partial charge is 0.490 e. The van der Waals surface area contributed by atoms with E-state index in [2.05, 4.69) is 43.4 Å². The highest BCUT2D eigenvalue weighted by Crippen LogP contribution is 2.47. The smallest absolute Gasteiger partial charge is 0.286 e. The summed E-state index contributed by atoms with van der Waals surface area (Å²) in [5, 5.41) is 4.30. The van der Waals surface area contributed by atoms with Gasteiger partial charge in [-0.05, 0) is 117 Å². The van der Waals surface area contributed by atoms with Crippen LogP contribution in [0.15, 0.2) is 65.2 Å². The summed E-state index contributed by atoms with van der Waals surface area (Å²) in [4.78, 5) is 29.9. The van der Waals surface area contributed by atoms with E-state index in [-0.39, 0.29) is 23.9 Å². The van der Waals surface area contributed by atoms with Gasteiger partial charge < -0.3 is 14.4 Å². The van der Waals surface area contributed by atoms with Crippen molar-refractivity contribution in [3.63, 3.8) is 0 Å². The number of rotatable bonds is 5. The van der Waals surface area contributed by atoms with Gasteiger partial charge in [-0.15, -0.1) is 4.36 Å². The topological polar surface area (TPSA) is 115 Å². The van der Waals surface area contributed by atoms with Crippen LogP contribution >= 0.6 is 11.6 Å². The summed E-state index contributed by atoms with van der Waals surface area (Å²) in [5.41, 5.74) is 4.30. The van der Waals surface area contributed by atoms with Crippen molar-refractivity contribution in [3.8, 4) is 5.75 Å². The summed E-state index contributed by atoms with van der Waals surface area (Å²) in [6.07, 6.45) is 12.1. The maximum atomic E-state index is 14.8. The molecule has 1 spiro atoms. The molecule has 52 heavy (non-hydrogen) atoms. The Morgan fingerprint density at radius 1 is 1.17 bits per heavy atom. The number of nitrogens with one attached hydrogen (secondary N) is 1. The summed E-state index contributed by atoms with van der Waals surface area (Å²) in [6, 6.07) is 13.5. The Morgan fingerprint density at radius 2 is 2.02 bits per heavy atom. The van der Waals surface area contributed by atoms with Crippen LogP contribution in [0.4, 0.5) is 5.69 Å². The van der Waals surface area contributed by atoms with Gasteiger partial charge in [0.2, 0.25) is 5.91 Å². The van der Waals surface area contributed by atoms with E-state index in [1.165, 1.54) is 11.1 Å². The minimum Gasteiger partial charge on any atom is -0.490 e. The molecule has 1 unspecified atom stereocenters. The van der Waals surface area contributed by atoms with Gasteiger partial charge in [0.25, 0.3) is 5.91 Å². The molecule has 2 bridgehead atoms. The molecule has 1 fully saturated rings. The maximum Gasteiger partial charge on any atom is 0.286 e. The fourth-order valence-corrected chi connectivity index (χ4v) is 10.7. The Bertz CT molecular complexity index is 1990. The highest BCUT2D eigenvalue weighted by atomic mass is 35.5. The molecular weight excluding hydrogens is 698 g/mol. The van der Waals surface area contributed by atoms with Gasteiger partial charge in [-0.2, -0.15) is 5.10 Å². The van der Waals surface area contributed by atoms with Crippen molar-refractivity contribution in [2.24, 2.45) is 29.2 Å². The Morgan fingerprint density at radius 3 is 2.77 bits per heavy atom. The number of hydrogen-bond acceptors (Lipinski definition) is 7. The predicted molar refractivity (Wildman–Crippen MR) is 204 cm³/mol. The number of ether oxygens (including phenoxy) is 2. The van der Waals surface area contributed by atoms with Gasteiger partial charge in [0.05, 0.1) is 23.6 Å². The number of allylic oxidation sites excluding steroid dienone is 1. The summed E-state index contributed by atoms with van der Waals surface area (Å²) in [5.74, 6) is 0.230. The van der Waals surface area contributed by atoms with Gasteiger partial charge in [0.1, 0.15) is 15.7 Å². The molecule has 4 aliphatic rings. The van der Waals surface area contributed by atoms with Crippen LogP contribution < -0.4 is 14.4 Å². The Kier molecular flexibility index (Phi) is 10.6. The highest BCUT2D eigenvalue weighted by molar-refractivity contribution is 7.93. The second-order valence-electron chi connectivity index (χ2n) is 15.3. The average Bonchev–Trinajstić information content (AvgIpc) is 3.46. The molecule has 0 radical (unpaired) electrons. The van der Waals surface area contributed by atoms with Gasteiger partial charge in [0.15, 0.2) is 0 Å². The number of benzene rings is 2. The van der Waals surface area contributed by atoms with Gasteiger partial charge in [-0.25, -0.2) is 4.21 Å². The fraction of sp³-hybridized carbons (Fsp3) is 0.525. The lowest BCUT2D eigenvalue weighted by Gasteiger charge is -2.46. The molecule has 12 heteroatoms. The van der Waals surface area contributed by atoms with Crippen molar-refractivity contribution in [1.82, 2.24) is 14.5 Å². The van der Waals surface area contributed by atoms with E-state index in [1.54, 1.807) is 31.0 Å². The van der Waals surface area contributed by atoms with Gasteiger partial charge in [-0.1, -0.05) is 36.7 Å². The molecule has 2 amide bonds. The van der Waals surface area contributed by atoms with Crippen LogP contribution in [0, 0.1) is 17.8 Å². The van der Waals surface area contributed by atoms with Gasteiger partial charge in [0, 0.05) is 61.6 Å². The van der Waals surface area contributed by atoms with Crippen LogP contribution in [0.3, 0.4) is 0 Å². The Labute approximate surface area is 312 Å². The van der Waals surface area contributed by atoms with Gasteiger partial charge >= 0.3 is 0 Å². The predicted octanol–water partition coefficient (Wildman–Crippen LogP) is 6.84. The number of anilines is 1. The number of methoxy groups -OCH3 is 1. The third kappa shape index (κ3) is 7.28. The number of amides is 2. The molecule has 7 atom stereocenters. The van der Waals surface area contributed by atoms with E-state index in [0.717, 1.165) is 61.6 Å². The molecule has 0 saturated heterocycles. The molecule has 3 heterocycles. The third-order valence-corrected chi connectivity index (χ3v) is 14.7. The second-order valence-corrected chi connectivity index (χ2v) is 18.0. The van der Waals surface area contributed by atoms with Crippen molar-refractivity contribution in [3.05, 3.63) is 88.2 Å². The Hall–Kier alpha value is -3.67. The fourth-order valence-electron chi connectivity index (χ4n) is 8.59. The van der Waals surface area contributed by atoms with Crippen molar-refractivity contribution < 1.29 is 23.3 Å². The number of halogens is 1. The van der Waals surface area contributed by atoms with Gasteiger partial charge in [-0.3, -0.25) is 19.0 Å². The number of fused-ring (bicyclic) bond motifs is 4. The van der Waals surface area contributed by atoms with E-state index < -0.39 is 27.0 Å². The first-order chi connectivity index (χ1) is 25.0. The van der Waals surface area contributed by atoms with Crippen molar-refractivity contribution in [1.29, 1.82) is 0 Å². The lowest BCUT2D eigenvalue weighted by Crippen LogP contribution is -2.49. The molecule has 278 valence electrons. The monoisotopic (exact) mass is 747 g/mol. The lowest BCUT2D eigenvalue weighted by atomic mass is 9.68. The summed E-state index contributed by atoms with van der Waals surface area (Å²) >= 11 is 6.47. The molecule has 1 saturated carbocycles. The molecule has 1 N–H and O–H groups in total. The first-order valence-corrected chi connectivity index (χ1v) is 20.5. The standard InChI is InChI=1S/C40H50ClN5O5S/c1-26-7-5-9-36(50-4)33-14-10-30(33)23-46-24-40(19-6-8-28-21-31(41)12-15-34(28)40)25-51-37-16-11-29(22-35(37)46)39(48)44-52(49,27(26)2)43-38(47)17-13-32-18-20-42-45(32)3/h5,9,11-12,15-16,18,20-22,26-27,30,33,36H,6-8,10,13-14,17,19,23-25H2,1-4H3,(H,43,44,47,48,49)/b9-5-/t26-,27+,30-,33+,36-,40-,52?/m0/s1. The number of aryl methyl sites for hydroxylation is 3. The van der Waals surface area contributed by atoms with Crippen molar-refractivity contribution in [2.45, 2.75) is 82.0 Å². The third-order valence-electron chi connectivity index (χ3n) is 12.1. The lowest BCUT2D eigenvalue weighted by molar-refractivity contribution is -0.119. The summed E-state index contributed by atoms with van der Waals surface area (Å²) in [6.45, 7) is 5.80. The van der Waals surface area contributed by atoms with Crippen LogP contribution in [-0.4, -0.2) is 64.0 Å². The molecule has 2 aliphatic carbocycles. The number of carbonyl (C=O) groups is 2. The minimum atomic E-state index is -3.54. The number of hydrogen-bond donors (Lipinski definition) is 1. The van der Waals surface area contributed by atoms with Crippen LogP contribution in [-0.2, 0) is 44.8 Å². The van der Waals surface area contributed by atoms with E-state index in [9.17, 15) is 13.8 Å². The SMILES string of the molecule is CO[C@H]1/C=C\C[C@H](C)[C@@H](C)S(=O)(NC(=O)CCc2ccnn2C)=NC(=O)c2ccc3c(c2)N(C[C@@H]2CC[C@H]21)C[C@@]1(CCCc2cc(Cl)ccc21)CO3. The maximum absolute atomic E-state index is 14.8. The first-order valence-electron chi connectivity index (χ1n) is 18.6. The zero-order chi connectivity index (χ0) is 36.6. The normalized spacial score (nSPS) is 30.9. The summed E-state index contributed by atoms with van der Waals surface area (Å²) < 4.78 is 36.4. The summed E-state index contributed by atoms with van der Waals surface area (Å²) in [7, 11) is 0.0480. The molecule has 3 aromatic rings. The Balaban J connectivity index is 1.28. The molecule has 2 aromatic carbocycles. The van der Waals surface area contributed by atoms with Crippen LogP contribution in [0.1, 0.15) is 79.6 Å². The van der Waals surface area contributed by atoms with Crippen LogP contribution in [0.2, 0.25) is 5.02 Å². The zero-order valence-electron chi connectivity index (χ0n) is 30.6. The van der Waals surface area contributed by atoms with E-state index in [4.69, 9.17) is 21.1 Å². The minimum absolute atomic E-state index is 0.0583. The second kappa shape index (κ2) is 15.0. The highest BCUT2D eigenvalue weighted by Gasteiger charge is 2.44. The molecule has 1 aromatic heterocycles. The number of nitrogens with zero attached hydrogens (tertiary/aromatic N) is 4. The van der Waals surface area contributed by atoms with E-state index >= 15 is 0 Å². The number of aromatic nitrogens is 2. The van der Waals surface area contributed by atoms with Crippen molar-refractivity contribution in [2.75, 3.05) is 31.7 Å². The van der Waals surface area contributed by atoms with Crippen molar-refractivity contribution >= 4 is 39.0 Å². The van der Waals surface area contributed by atoms with E-state index in [0.29, 0.717) is 42.6 Å². The zero-order valence-corrected chi connectivity index (χ0v) is 32.1.